The molecule has 0 aromatic carbocycles. The van der Waals surface area contributed by atoms with Crippen LogP contribution in [0, 0.1) is 0 Å². The van der Waals surface area contributed by atoms with Crippen molar-refractivity contribution in [3.8, 4) is 0 Å². The van der Waals surface area contributed by atoms with Crippen molar-refractivity contribution in [2.24, 2.45) is 0 Å². The van der Waals surface area contributed by atoms with Crippen LogP contribution in [0.4, 0.5) is 9.59 Å². The number of nitrogens with one attached hydrogen (secondary N) is 1. The standard InChI is InChI=1S/C9H13N3O3S/c1-2-10-8(14)11-3-6(4-11)12-7(13)5-16-9(12)15/h6H,2-5H2,1H3,(H,10,14). The average molecular weight is 243 g/mol. The maximum absolute atomic E-state index is 11.4. The lowest BCUT2D eigenvalue weighted by atomic mass is 10.1. The summed E-state index contributed by atoms with van der Waals surface area (Å²) in [5.74, 6) is 0.0896. The van der Waals surface area contributed by atoms with Crippen molar-refractivity contribution in [2.45, 2.75) is 13.0 Å². The highest BCUT2D eigenvalue weighted by atomic mass is 32.2. The van der Waals surface area contributed by atoms with E-state index in [4.69, 9.17) is 0 Å². The predicted octanol–water partition coefficient (Wildman–Crippen LogP) is 0.0955. The lowest BCUT2D eigenvalue weighted by Crippen LogP contribution is -2.63. The summed E-state index contributed by atoms with van der Waals surface area (Å²) in [6, 6.07) is -0.261. The van der Waals surface area contributed by atoms with Gasteiger partial charge in [0.05, 0.1) is 11.8 Å². The van der Waals surface area contributed by atoms with Gasteiger partial charge >= 0.3 is 6.03 Å². The summed E-state index contributed by atoms with van der Waals surface area (Å²) in [6.07, 6.45) is 0. The van der Waals surface area contributed by atoms with Crippen LogP contribution in [0.25, 0.3) is 0 Å². The zero-order valence-electron chi connectivity index (χ0n) is 8.93. The molecule has 2 saturated heterocycles. The van der Waals surface area contributed by atoms with E-state index in [2.05, 4.69) is 5.32 Å². The Labute approximate surface area is 97.3 Å². The largest absolute Gasteiger partial charge is 0.338 e. The first kappa shape index (κ1) is 11.3. The number of carbonyl (C=O) groups excluding carboxylic acids is 3. The lowest BCUT2D eigenvalue weighted by Gasteiger charge is -2.42. The van der Waals surface area contributed by atoms with Gasteiger partial charge in [0.15, 0.2) is 0 Å². The maximum Gasteiger partial charge on any atom is 0.317 e. The fraction of sp³-hybridized carbons (Fsp3) is 0.667. The maximum atomic E-state index is 11.4. The summed E-state index contributed by atoms with van der Waals surface area (Å²) < 4.78 is 0. The highest BCUT2D eigenvalue weighted by Crippen LogP contribution is 2.25. The molecule has 0 atom stereocenters. The molecular formula is C9H13N3O3S. The van der Waals surface area contributed by atoms with Crippen molar-refractivity contribution >= 4 is 28.9 Å². The van der Waals surface area contributed by atoms with Gasteiger partial charge in [0.1, 0.15) is 0 Å². The minimum Gasteiger partial charge on any atom is -0.338 e. The number of urea groups is 1. The topological polar surface area (TPSA) is 69.7 Å². The van der Waals surface area contributed by atoms with Gasteiger partial charge in [-0.1, -0.05) is 11.8 Å². The van der Waals surface area contributed by atoms with Gasteiger partial charge in [-0.25, -0.2) is 4.79 Å². The molecule has 2 fully saturated rings. The Morgan fingerprint density at radius 1 is 1.50 bits per heavy atom. The molecule has 0 aliphatic carbocycles. The molecule has 2 aliphatic rings. The van der Waals surface area contributed by atoms with Crippen LogP contribution in [-0.4, -0.2) is 58.4 Å². The second-order valence-electron chi connectivity index (χ2n) is 3.71. The van der Waals surface area contributed by atoms with Crippen LogP contribution < -0.4 is 5.32 Å². The second kappa shape index (κ2) is 4.32. The van der Waals surface area contributed by atoms with E-state index in [1.54, 1.807) is 4.90 Å². The van der Waals surface area contributed by atoms with E-state index in [0.717, 1.165) is 11.8 Å². The fourth-order valence-electron chi connectivity index (χ4n) is 1.76. The van der Waals surface area contributed by atoms with Crippen molar-refractivity contribution in [1.29, 1.82) is 0 Å². The van der Waals surface area contributed by atoms with Crippen LogP contribution in [0.15, 0.2) is 0 Å². The number of carbonyl (C=O) groups is 3. The zero-order valence-corrected chi connectivity index (χ0v) is 9.75. The molecule has 6 nitrogen and oxygen atoms in total. The van der Waals surface area contributed by atoms with E-state index in [-0.39, 0.29) is 29.0 Å². The van der Waals surface area contributed by atoms with Crippen molar-refractivity contribution in [3.05, 3.63) is 0 Å². The molecule has 0 radical (unpaired) electrons. The third-order valence-electron chi connectivity index (χ3n) is 2.63. The molecule has 1 N–H and O–H groups in total. The zero-order chi connectivity index (χ0) is 11.7. The van der Waals surface area contributed by atoms with Crippen LogP contribution in [-0.2, 0) is 4.79 Å². The van der Waals surface area contributed by atoms with Gasteiger partial charge in [-0.05, 0) is 6.92 Å². The molecule has 0 saturated carbocycles. The number of imide groups is 1. The molecule has 16 heavy (non-hydrogen) atoms. The van der Waals surface area contributed by atoms with Crippen LogP contribution in [0.2, 0.25) is 0 Å². The Hall–Kier alpha value is -1.24. The van der Waals surface area contributed by atoms with Gasteiger partial charge in [-0.15, -0.1) is 0 Å². The molecule has 88 valence electrons. The smallest absolute Gasteiger partial charge is 0.317 e. The van der Waals surface area contributed by atoms with E-state index >= 15 is 0 Å². The quantitative estimate of drug-likeness (QED) is 0.746. The third kappa shape index (κ3) is 1.87. The van der Waals surface area contributed by atoms with E-state index in [0.29, 0.717) is 19.6 Å². The molecule has 2 aliphatic heterocycles. The van der Waals surface area contributed by atoms with Gasteiger partial charge in [0.25, 0.3) is 5.24 Å². The molecule has 2 heterocycles. The van der Waals surface area contributed by atoms with Crippen LogP contribution in [0.1, 0.15) is 6.92 Å². The number of amides is 4. The first-order valence-electron chi connectivity index (χ1n) is 5.15. The summed E-state index contributed by atoms with van der Waals surface area (Å²) in [5, 5.41) is 2.49. The molecule has 0 spiro atoms. The van der Waals surface area contributed by atoms with Crippen LogP contribution >= 0.6 is 11.8 Å². The molecule has 2 rings (SSSR count). The Morgan fingerprint density at radius 3 is 2.69 bits per heavy atom. The van der Waals surface area contributed by atoms with Crippen LogP contribution in [0.3, 0.4) is 0 Å². The highest BCUT2D eigenvalue weighted by molar-refractivity contribution is 8.14. The van der Waals surface area contributed by atoms with Crippen molar-refractivity contribution in [2.75, 3.05) is 25.4 Å². The number of likely N-dealkylation sites (tertiary alicyclic amines) is 1. The Morgan fingerprint density at radius 2 is 2.19 bits per heavy atom. The fourth-order valence-corrected chi connectivity index (χ4v) is 2.54. The first-order valence-corrected chi connectivity index (χ1v) is 6.13. The average Bonchev–Trinajstić information content (AvgIpc) is 2.47. The minimum atomic E-state index is -0.189. The third-order valence-corrected chi connectivity index (χ3v) is 3.46. The number of rotatable bonds is 2. The van der Waals surface area contributed by atoms with Gasteiger partial charge in [-0.3, -0.25) is 14.5 Å². The summed E-state index contributed by atoms with van der Waals surface area (Å²) in [6.45, 7) is 3.32. The van der Waals surface area contributed by atoms with Gasteiger partial charge in [0, 0.05) is 19.6 Å². The molecule has 7 heteroatoms. The first-order chi connectivity index (χ1) is 7.63. The number of nitrogens with zero attached hydrogens (tertiary/aromatic N) is 2. The summed E-state index contributed by atoms with van der Waals surface area (Å²) in [5.41, 5.74) is 0. The molecule has 0 unspecified atom stereocenters. The van der Waals surface area contributed by atoms with E-state index in [1.807, 2.05) is 6.92 Å². The normalized spacial score (nSPS) is 21.3. The number of hydrogen-bond donors (Lipinski definition) is 1. The Balaban J connectivity index is 1.86. The summed E-state index contributed by atoms with van der Waals surface area (Å²) >= 11 is 1.03. The Bertz CT molecular complexity index is 325. The van der Waals surface area contributed by atoms with Crippen molar-refractivity contribution in [1.82, 2.24) is 15.1 Å². The van der Waals surface area contributed by atoms with E-state index in [1.165, 1.54) is 4.90 Å². The van der Waals surface area contributed by atoms with Crippen molar-refractivity contribution in [3.63, 3.8) is 0 Å². The minimum absolute atomic E-state index is 0.127. The lowest BCUT2D eigenvalue weighted by molar-refractivity contribution is -0.128. The SMILES string of the molecule is CCNC(=O)N1CC(N2C(=O)CSC2=O)C1. The Kier molecular flexibility index (Phi) is 3.04. The highest BCUT2D eigenvalue weighted by Gasteiger charge is 2.43. The van der Waals surface area contributed by atoms with Crippen molar-refractivity contribution < 1.29 is 14.4 Å². The predicted molar refractivity (Wildman–Crippen MR) is 59.1 cm³/mol. The number of thioether (sulfide) groups is 1. The van der Waals surface area contributed by atoms with E-state index < -0.39 is 0 Å². The number of hydrogen-bond acceptors (Lipinski definition) is 4. The molecule has 0 aromatic heterocycles. The molecule has 0 bridgehead atoms. The van der Waals surface area contributed by atoms with Crippen LogP contribution in [0.5, 0.6) is 0 Å². The van der Waals surface area contributed by atoms with E-state index in [9.17, 15) is 14.4 Å². The molecular weight excluding hydrogens is 230 g/mol. The molecule has 4 amide bonds. The van der Waals surface area contributed by atoms with Gasteiger partial charge < -0.3 is 10.2 Å². The second-order valence-corrected chi connectivity index (χ2v) is 4.64. The summed E-state index contributed by atoms with van der Waals surface area (Å²) in [7, 11) is 0. The monoisotopic (exact) mass is 243 g/mol. The van der Waals surface area contributed by atoms with Gasteiger partial charge in [-0.2, -0.15) is 0 Å². The van der Waals surface area contributed by atoms with Gasteiger partial charge in [0.2, 0.25) is 5.91 Å². The molecule has 0 aromatic rings. The summed E-state index contributed by atoms with van der Waals surface area (Å²) in [4.78, 5) is 37.0.